The predicted molar refractivity (Wildman–Crippen MR) is 277 cm³/mol. The Morgan fingerprint density at radius 3 is 1.45 bits per heavy atom. The van der Waals surface area contributed by atoms with Gasteiger partial charge in [0.25, 0.3) is 0 Å². The zero-order chi connectivity index (χ0) is 68.3. The molecule has 0 atom stereocenters. The molecule has 3 heterocycles. The maximum atomic E-state index is 10.6. The van der Waals surface area contributed by atoms with E-state index in [1.54, 1.807) is 36.4 Å². The molecule has 0 aliphatic rings. The SMILES string of the molecule is [2H]c1c([2H])c([2H])c(-c2c([2H])c([2H])c([Si](c3ccccc3)(c3ccccc3)c3c([2H])c([2H])c(-n4c5c([2H])c([2H])c([2H])c([2H])c5c5c([2H])c(-n6c7c([2H])c([2H])c([2H])c([2H])c7c7c([2H])c([2H])c([2H])c([2H])c76)c6sc7c([2H])c([2H])c([2H])c([2H])c7c6c54)c([2H])c3[2H])c([2H])c2[2H])c([2H])c1[2H]. The molecule has 2 nitrogen and oxygen atoms in total. The van der Waals surface area contributed by atoms with Crippen molar-refractivity contribution in [2.45, 2.75) is 0 Å². The first-order chi connectivity index (χ1) is 44.3. The van der Waals surface area contributed by atoms with Crippen molar-refractivity contribution in [1.82, 2.24) is 9.13 Å². The van der Waals surface area contributed by atoms with Gasteiger partial charge < -0.3 is 9.13 Å². The van der Waals surface area contributed by atoms with Gasteiger partial charge in [-0.25, -0.2) is 0 Å². The molecule has 0 bridgehead atoms. The number of hydrogen-bond acceptors (Lipinski definition) is 1. The molecule has 0 saturated heterocycles. The first-order valence-corrected chi connectivity index (χ1v) is 22.4. The summed E-state index contributed by atoms with van der Waals surface area (Å²) in [4.78, 5) is 0. The van der Waals surface area contributed by atoms with E-state index >= 15 is 0 Å². The van der Waals surface area contributed by atoms with E-state index in [1.807, 2.05) is 0 Å². The highest BCUT2D eigenvalue weighted by molar-refractivity contribution is 7.26. The van der Waals surface area contributed by atoms with Crippen LogP contribution in [-0.2, 0) is 0 Å². The summed E-state index contributed by atoms with van der Waals surface area (Å²) in [6.45, 7) is 0. The Bertz CT molecular complexity index is 5480. The second-order valence-electron chi connectivity index (χ2n) is 14.5. The number of hydrogen-bond donors (Lipinski definition) is 0. The van der Waals surface area contributed by atoms with Gasteiger partial charge in [0.05, 0.1) is 73.6 Å². The summed E-state index contributed by atoms with van der Waals surface area (Å²) < 4.78 is 283. The summed E-state index contributed by atoms with van der Waals surface area (Å²) in [6.07, 6.45) is 0. The average Bonchev–Trinajstić information content (AvgIpc) is 1.38. The van der Waals surface area contributed by atoms with Crippen molar-refractivity contribution in [3.05, 3.63) is 242 Å². The minimum Gasteiger partial charge on any atom is -0.309 e. The Morgan fingerprint density at radius 1 is 0.391 bits per heavy atom. The lowest BCUT2D eigenvalue weighted by atomic mass is 10.1. The molecule has 0 saturated carbocycles. The van der Waals surface area contributed by atoms with Gasteiger partial charge in [0.2, 0.25) is 0 Å². The number of rotatable bonds is 7. The van der Waals surface area contributed by atoms with Crippen LogP contribution in [0.1, 0.15) is 41.1 Å². The van der Waals surface area contributed by atoms with Crippen molar-refractivity contribution < 1.29 is 41.1 Å². The molecule has 3 aromatic heterocycles. The van der Waals surface area contributed by atoms with Crippen LogP contribution in [0.2, 0.25) is 0 Å². The van der Waals surface area contributed by atoms with E-state index in [2.05, 4.69) is 0 Å². The van der Waals surface area contributed by atoms with Gasteiger partial charge in [-0.2, -0.15) is 0 Å². The third-order valence-corrected chi connectivity index (χ3v) is 16.8. The van der Waals surface area contributed by atoms with E-state index in [1.165, 1.54) is 24.3 Å². The lowest BCUT2D eigenvalue weighted by Gasteiger charge is -2.34. The zero-order valence-electron chi connectivity index (χ0n) is 62.6. The van der Waals surface area contributed by atoms with E-state index in [4.69, 9.17) is 17.8 Å². The Balaban J connectivity index is 1.27. The molecule has 0 amide bonds. The van der Waals surface area contributed by atoms with Crippen LogP contribution >= 0.6 is 11.3 Å². The summed E-state index contributed by atoms with van der Waals surface area (Å²) >= 11 is 0.588. The normalized spacial score (nSPS) is 18.6. The number of fused-ring (bicyclic) bond motifs is 10. The van der Waals surface area contributed by atoms with Gasteiger partial charge >= 0.3 is 0 Å². The summed E-state index contributed by atoms with van der Waals surface area (Å²) in [7, 11) is -5.04. The third-order valence-electron chi connectivity index (χ3n) is 11.3. The highest BCUT2D eigenvalue weighted by Crippen LogP contribution is 2.47. The molecular formula is C60H40N2SSi. The molecule has 13 rings (SSSR count). The maximum Gasteiger partial charge on any atom is 0.179 e. The third kappa shape index (κ3) is 5.43. The number of aromatic nitrogens is 2. The zero-order valence-corrected chi connectivity index (χ0v) is 34.4. The van der Waals surface area contributed by atoms with Crippen molar-refractivity contribution in [1.29, 1.82) is 0 Å². The van der Waals surface area contributed by atoms with Crippen LogP contribution in [0.4, 0.5) is 0 Å². The van der Waals surface area contributed by atoms with Gasteiger partial charge in [0.1, 0.15) is 0 Å². The first kappa shape index (κ1) is 17.8. The fourth-order valence-corrected chi connectivity index (χ4v) is 13.8. The van der Waals surface area contributed by atoms with Gasteiger partial charge in [-0.15, -0.1) is 11.3 Å². The number of para-hydroxylation sites is 3. The topological polar surface area (TPSA) is 9.86 Å². The predicted octanol–water partition coefficient (Wildman–Crippen LogP) is 13.3. The molecule has 0 aliphatic heterocycles. The second kappa shape index (κ2) is 14.7. The molecule has 64 heavy (non-hydrogen) atoms. The van der Waals surface area contributed by atoms with Crippen molar-refractivity contribution in [2.75, 3.05) is 0 Å². The van der Waals surface area contributed by atoms with Gasteiger partial charge in [-0.3, -0.25) is 0 Å². The second-order valence-corrected chi connectivity index (χ2v) is 19.2. The van der Waals surface area contributed by atoms with E-state index in [0.717, 1.165) is 9.13 Å². The quantitative estimate of drug-likeness (QED) is 0.112. The van der Waals surface area contributed by atoms with E-state index < -0.39 is 266 Å². The van der Waals surface area contributed by atoms with Crippen LogP contribution in [0.5, 0.6) is 0 Å². The van der Waals surface area contributed by atoms with Crippen LogP contribution in [0, 0.1) is 0 Å². The van der Waals surface area contributed by atoms with Crippen LogP contribution < -0.4 is 20.7 Å². The van der Waals surface area contributed by atoms with E-state index in [9.17, 15) is 23.3 Å². The lowest BCUT2D eigenvalue weighted by Crippen LogP contribution is -2.74. The monoisotopic (exact) mass is 878 g/mol. The lowest BCUT2D eigenvalue weighted by molar-refractivity contribution is 1.18. The smallest absolute Gasteiger partial charge is 0.179 e. The van der Waals surface area contributed by atoms with Crippen molar-refractivity contribution in [2.24, 2.45) is 0 Å². The molecule has 0 fully saturated rings. The molecule has 10 aromatic carbocycles. The van der Waals surface area contributed by atoms with Crippen molar-refractivity contribution >= 4 is 104 Å². The molecule has 0 radical (unpaired) electrons. The van der Waals surface area contributed by atoms with Crippen molar-refractivity contribution in [3.8, 4) is 22.5 Å². The Morgan fingerprint density at radius 2 is 0.859 bits per heavy atom. The molecule has 0 spiro atoms. The van der Waals surface area contributed by atoms with Crippen LogP contribution in [0.25, 0.3) is 86.3 Å². The minimum atomic E-state index is -5.04. The molecule has 4 heteroatoms. The minimum absolute atomic E-state index is 0.156. The van der Waals surface area contributed by atoms with Gasteiger partial charge in [-0.1, -0.05) is 200 Å². The maximum absolute atomic E-state index is 10.6. The van der Waals surface area contributed by atoms with E-state index in [0.29, 0.717) is 11.3 Å². The first-order valence-electron chi connectivity index (χ1n) is 34.6. The molecule has 300 valence electrons. The van der Waals surface area contributed by atoms with E-state index in [-0.39, 0.29) is 30.5 Å². The van der Waals surface area contributed by atoms with Crippen LogP contribution in [-0.4, -0.2) is 17.2 Å². The molecule has 0 aliphatic carbocycles. The van der Waals surface area contributed by atoms with Gasteiger partial charge in [0, 0.05) is 42.7 Å². The van der Waals surface area contributed by atoms with Crippen LogP contribution in [0.15, 0.2) is 242 Å². The summed E-state index contributed by atoms with van der Waals surface area (Å²) in [5, 5.41) is -3.40. The van der Waals surface area contributed by atoms with Crippen LogP contribution in [0.3, 0.4) is 0 Å². The Labute approximate surface area is 418 Å². The summed E-state index contributed by atoms with van der Waals surface area (Å²) in [6, 6.07) is -10.0. The fraction of sp³-hybridized carbons (Fsp3) is 0. The largest absolute Gasteiger partial charge is 0.309 e. The Hall–Kier alpha value is -7.76. The average molecular weight is 879 g/mol. The van der Waals surface area contributed by atoms with Crippen molar-refractivity contribution in [3.63, 3.8) is 0 Å². The molecule has 0 unspecified atom stereocenters. The Kier molecular flexibility index (Phi) is 4.08. The number of benzene rings is 10. The summed E-state index contributed by atoms with van der Waals surface area (Å²) in [5.41, 5.74) is -4.84. The molecule has 13 aromatic rings. The summed E-state index contributed by atoms with van der Waals surface area (Å²) in [5.74, 6) is 0. The molecule has 0 N–H and O–H groups in total. The van der Waals surface area contributed by atoms with Gasteiger partial charge in [0.15, 0.2) is 8.07 Å². The number of nitrogens with zero attached hydrogens (tertiary/aromatic N) is 2. The highest BCUT2D eigenvalue weighted by atomic mass is 32.1. The fourth-order valence-electron chi connectivity index (χ4n) is 8.62. The van der Waals surface area contributed by atoms with Gasteiger partial charge in [-0.05, 0) is 74.2 Å². The highest BCUT2D eigenvalue weighted by Gasteiger charge is 2.41. The standard InChI is InChI=1S/C60H40N2SSi/c1-4-18-41(19-5-1)42-32-36-46(37-33-42)64(44-20-6-2-7-21-44,45-22-8-3-9-23-45)47-38-34-43(35-39-47)61-53-28-14-12-26-50(53)52-40-56(60-58(59(52)61)51-27-13-17-31-57(51)63-60)62-54-29-15-10-24-48(54)49-25-11-16-30-55(49)62/h1-40H/i1D,4D,5D,10D,11D,12D,13D,14D,15D,16D,17D,18D,19D,24D,25D,26D,27D,28D,29D,30D,31D,32D,33D,34D,35D,36D,37D,38D,39D,40D. The number of thiophene rings is 1. The molecular weight excluding hydrogens is 809 g/mol.